The lowest BCUT2D eigenvalue weighted by molar-refractivity contribution is 0.0921. The van der Waals surface area contributed by atoms with E-state index in [4.69, 9.17) is 16.3 Å². The number of ether oxygens (including phenoxy) is 1. The van der Waals surface area contributed by atoms with Gasteiger partial charge in [0.15, 0.2) is 12.4 Å². The van der Waals surface area contributed by atoms with Gasteiger partial charge in [0, 0.05) is 16.7 Å². The second kappa shape index (κ2) is 7.93. The van der Waals surface area contributed by atoms with Crippen molar-refractivity contribution in [2.75, 3.05) is 6.61 Å². The second-order valence-electron chi connectivity index (χ2n) is 5.55. The topological polar surface area (TPSA) is 43.4 Å². The number of hydrogen-bond donors (Lipinski definition) is 0. The molecule has 3 aromatic rings. The van der Waals surface area contributed by atoms with E-state index in [1.54, 1.807) is 48.5 Å². The lowest BCUT2D eigenvalue weighted by Gasteiger charge is -2.07. The monoisotopic (exact) mass is 368 g/mol. The Kier molecular flexibility index (Phi) is 5.44. The zero-order valence-electron chi connectivity index (χ0n) is 13.6. The predicted molar refractivity (Wildman–Crippen MR) is 97.6 cm³/mol. The van der Waals surface area contributed by atoms with Crippen LogP contribution in [0.4, 0.5) is 4.39 Å². The molecule has 3 nitrogen and oxygen atoms in total. The molecule has 0 unspecified atom stereocenters. The summed E-state index contributed by atoms with van der Waals surface area (Å²) in [5, 5.41) is 0.376. The molecule has 0 N–H and O–H groups in total. The van der Waals surface area contributed by atoms with Crippen LogP contribution in [0.25, 0.3) is 0 Å². The van der Waals surface area contributed by atoms with Gasteiger partial charge in [-0.05, 0) is 60.7 Å². The van der Waals surface area contributed by atoms with Crippen LogP contribution in [0.1, 0.15) is 26.3 Å². The van der Waals surface area contributed by atoms with Crippen molar-refractivity contribution >= 4 is 23.2 Å². The Labute approximate surface area is 155 Å². The standard InChI is InChI=1S/C21H14ClFO3/c22-19-4-2-1-3-18(19)20(24)13-26-17-11-7-15(8-12-17)21(25)14-5-9-16(23)10-6-14/h1-12H,13H2. The highest BCUT2D eigenvalue weighted by atomic mass is 35.5. The highest BCUT2D eigenvalue weighted by molar-refractivity contribution is 6.34. The zero-order chi connectivity index (χ0) is 18.5. The highest BCUT2D eigenvalue weighted by Crippen LogP contribution is 2.18. The molecule has 0 amide bonds. The van der Waals surface area contributed by atoms with E-state index in [-0.39, 0.29) is 18.2 Å². The Morgan fingerprint density at radius 2 is 1.42 bits per heavy atom. The quantitative estimate of drug-likeness (QED) is 0.577. The summed E-state index contributed by atoms with van der Waals surface area (Å²) in [5.41, 5.74) is 1.24. The van der Waals surface area contributed by atoms with Crippen molar-refractivity contribution in [3.8, 4) is 5.75 Å². The van der Waals surface area contributed by atoms with E-state index in [0.29, 0.717) is 27.5 Å². The van der Waals surface area contributed by atoms with Crippen LogP contribution in [-0.2, 0) is 0 Å². The number of hydrogen-bond acceptors (Lipinski definition) is 3. The van der Waals surface area contributed by atoms with Gasteiger partial charge in [-0.15, -0.1) is 0 Å². The molecule has 0 heterocycles. The maximum Gasteiger partial charge on any atom is 0.201 e. The summed E-state index contributed by atoms with van der Waals surface area (Å²) in [7, 11) is 0. The Morgan fingerprint density at radius 1 is 0.846 bits per heavy atom. The van der Waals surface area contributed by atoms with E-state index in [0.717, 1.165) is 0 Å². The zero-order valence-corrected chi connectivity index (χ0v) is 14.4. The number of benzene rings is 3. The van der Waals surface area contributed by atoms with Gasteiger partial charge in [0.05, 0.1) is 5.02 Å². The van der Waals surface area contributed by atoms with Gasteiger partial charge in [-0.1, -0.05) is 23.7 Å². The van der Waals surface area contributed by atoms with Crippen LogP contribution in [0, 0.1) is 5.82 Å². The van der Waals surface area contributed by atoms with E-state index in [9.17, 15) is 14.0 Å². The van der Waals surface area contributed by atoms with Crippen LogP contribution in [0.15, 0.2) is 72.8 Å². The van der Waals surface area contributed by atoms with E-state index in [2.05, 4.69) is 0 Å². The molecule has 0 aliphatic rings. The predicted octanol–water partition coefficient (Wildman–Crippen LogP) is 4.97. The maximum atomic E-state index is 12.9. The first kappa shape index (κ1) is 17.8. The SMILES string of the molecule is O=C(c1ccc(F)cc1)c1ccc(OCC(=O)c2ccccc2Cl)cc1. The Balaban J connectivity index is 1.64. The molecule has 0 aliphatic carbocycles. The molecular formula is C21H14ClFO3. The minimum absolute atomic E-state index is 0.158. The molecule has 26 heavy (non-hydrogen) atoms. The van der Waals surface area contributed by atoms with Gasteiger partial charge in [0.1, 0.15) is 11.6 Å². The largest absolute Gasteiger partial charge is 0.485 e. The summed E-state index contributed by atoms with van der Waals surface area (Å²) in [4.78, 5) is 24.5. The molecule has 3 rings (SSSR count). The van der Waals surface area contributed by atoms with Crippen molar-refractivity contribution in [3.05, 3.63) is 100 Å². The molecule has 130 valence electrons. The van der Waals surface area contributed by atoms with Gasteiger partial charge < -0.3 is 4.74 Å². The molecule has 0 spiro atoms. The molecule has 0 fully saturated rings. The number of carbonyl (C=O) groups is 2. The summed E-state index contributed by atoms with van der Waals surface area (Å²) in [6.45, 7) is -0.158. The fourth-order valence-corrected chi connectivity index (χ4v) is 2.63. The van der Waals surface area contributed by atoms with Gasteiger partial charge in [0.2, 0.25) is 5.78 Å². The van der Waals surface area contributed by atoms with Crippen LogP contribution >= 0.6 is 11.6 Å². The molecule has 0 aromatic heterocycles. The normalized spacial score (nSPS) is 10.4. The van der Waals surface area contributed by atoms with Crippen molar-refractivity contribution in [2.45, 2.75) is 0 Å². The fourth-order valence-electron chi connectivity index (χ4n) is 2.38. The van der Waals surface area contributed by atoms with Crippen LogP contribution in [0.3, 0.4) is 0 Å². The van der Waals surface area contributed by atoms with Gasteiger partial charge in [-0.25, -0.2) is 4.39 Å². The molecule has 0 aliphatic heterocycles. The molecule has 5 heteroatoms. The van der Waals surface area contributed by atoms with Crippen LogP contribution in [0.5, 0.6) is 5.75 Å². The number of carbonyl (C=O) groups excluding carboxylic acids is 2. The number of Topliss-reactive ketones (excluding diaryl/α,β-unsaturated/α-hetero) is 1. The molecule has 3 aromatic carbocycles. The maximum absolute atomic E-state index is 12.9. The summed E-state index contributed by atoms with van der Waals surface area (Å²) in [5.74, 6) is -0.389. The van der Waals surface area contributed by atoms with Crippen LogP contribution in [0.2, 0.25) is 5.02 Å². The first-order valence-corrected chi connectivity index (χ1v) is 8.23. The van der Waals surface area contributed by atoms with Gasteiger partial charge in [0.25, 0.3) is 0 Å². The molecule has 0 saturated heterocycles. The van der Waals surface area contributed by atoms with E-state index < -0.39 is 5.82 Å². The van der Waals surface area contributed by atoms with Crippen LogP contribution in [-0.4, -0.2) is 18.2 Å². The minimum atomic E-state index is -0.395. The van der Waals surface area contributed by atoms with Crippen LogP contribution < -0.4 is 4.74 Å². The second-order valence-corrected chi connectivity index (χ2v) is 5.96. The van der Waals surface area contributed by atoms with E-state index in [1.807, 2.05) is 0 Å². The van der Waals surface area contributed by atoms with Crippen molar-refractivity contribution in [1.29, 1.82) is 0 Å². The lowest BCUT2D eigenvalue weighted by Crippen LogP contribution is -2.12. The van der Waals surface area contributed by atoms with Crippen molar-refractivity contribution in [1.82, 2.24) is 0 Å². The number of halogens is 2. The number of rotatable bonds is 6. The minimum Gasteiger partial charge on any atom is -0.485 e. The molecule has 0 bridgehead atoms. The van der Waals surface area contributed by atoms with Gasteiger partial charge in [-0.3, -0.25) is 9.59 Å². The van der Waals surface area contributed by atoms with Crippen molar-refractivity contribution in [3.63, 3.8) is 0 Å². The molecular weight excluding hydrogens is 355 g/mol. The summed E-state index contributed by atoms with van der Waals surface area (Å²) >= 11 is 5.99. The third kappa shape index (κ3) is 4.16. The van der Waals surface area contributed by atoms with Gasteiger partial charge >= 0.3 is 0 Å². The first-order chi connectivity index (χ1) is 12.5. The van der Waals surface area contributed by atoms with E-state index in [1.165, 1.54) is 24.3 Å². The van der Waals surface area contributed by atoms with Crippen molar-refractivity contribution < 1.29 is 18.7 Å². The lowest BCUT2D eigenvalue weighted by atomic mass is 10.0. The smallest absolute Gasteiger partial charge is 0.201 e. The highest BCUT2D eigenvalue weighted by Gasteiger charge is 2.12. The molecule has 0 atom stereocenters. The average molecular weight is 369 g/mol. The van der Waals surface area contributed by atoms with E-state index >= 15 is 0 Å². The molecule has 0 radical (unpaired) electrons. The summed E-state index contributed by atoms with van der Waals surface area (Å²) in [6.07, 6.45) is 0. The average Bonchev–Trinajstić information content (AvgIpc) is 2.67. The third-order valence-electron chi connectivity index (χ3n) is 3.77. The Hall–Kier alpha value is -2.98. The summed E-state index contributed by atoms with van der Waals surface area (Å²) in [6, 6.07) is 18.5. The van der Waals surface area contributed by atoms with Gasteiger partial charge in [-0.2, -0.15) is 0 Å². The molecule has 0 saturated carbocycles. The fraction of sp³-hybridized carbons (Fsp3) is 0.0476. The van der Waals surface area contributed by atoms with Crippen molar-refractivity contribution in [2.24, 2.45) is 0 Å². The Bertz CT molecular complexity index is 934. The third-order valence-corrected chi connectivity index (χ3v) is 4.10. The number of ketones is 2. The summed E-state index contributed by atoms with van der Waals surface area (Å²) < 4.78 is 18.4. The Morgan fingerprint density at radius 3 is 2.04 bits per heavy atom. The first-order valence-electron chi connectivity index (χ1n) is 7.85.